The summed E-state index contributed by atoms with van der Waals surface area (Å²) in [6, 6.07) is 17.4. The Hall–Kier alpha value is -4.07. The van der Waals surface area contributed by atoms with Crippen molar-refractivity contribution in [3.63, 3.8) is 0 Å². The number of ether oxygens (including phenoxy) is 2. The predicted octanol–water partition coefficient (Wildman–Crippen LogP) is 4.24. The number of hydrogen-bond acceptors (Lipinski definition) is 7. The molecule has 8 heteroatoms. The number of methoxy groups -OCH3 is 2. The first-order valence-corrected chi connectivity index (χ1v) is 9.40. The Morgan fingerprint density at radius 1 is 0.933 bits per heavy atom. The smallest absolute Gasteiger partial charge is 0.246 e. The fourth-order valence-corrected chi connectivity index (χ4v) is 3.00. The van der Waals surface area contributed by atoms with Gasteiger partial charge in [0.15, 0.2) is 5.82 Å². The van der Waals surface area contributed by atoms with Crippen LogP contribution in [0.25, 0.3) is 11.4 Å². The van der Waals surface area contributed by atoms with E-state index in [9.17, 15) is 0 Å². The molecule has 152 valence electrons. The molecule has 4 rings (SSSR count). The van der Waals surface area contributed by atoms with Gasteiger partial charge in [0.25, 0.3) is 0 Å². The van der Waals surface area contributed by atoms with E-state index in [2.05, 4.69) is 30.8 Å². The van der Waals surface area contributed by atoms with Crippen LogP contribution in [-0.2, 0) is 6.54 Å². The average molecular weight is 402 g/mol. The first-order valence-electron chi connectivity index (χ1n) is 9.40. The van der Waals surface area contributed by atoms with Crippen molar-refractivity contribution < 1.29 is 9.47 Å². The molecule has 0 amide bonds. The molecule has 3 N–H and O–H groups in total. The second-order valence-electron chi connectivity index (χ2n) is 6.45. The van der Waals surface area contributed by atoms with Crippen LogP contribution in [0.4, 0.5) is 17.3 Å². The number of rotatable bonds is 8. The summed E-state index contributed by atoms with van der Waals surface area (Å²) in [4.78, 5) is 8.65. The maximum Gasteiger partial charge on any atom is 0.246 e. The van der Waals surface area contributed by atoms with Crippen LogP contribution in [0.1, 0.15) is 5.56 Å². The van der Waals surface area contributed by atoms with Gasteiger partial charge in [-0.25, -0.2) is 0 Å². The molecule has 2 aromatic carbocycles. The number of hydrogen-bond donors (Lipinski definition) is 3. The molecule has 0 saturated carbocycles. The molecule has 0 atom stereocenters. The van der Waals surface area contributed by atoms with Crippen molar-refractivity contribution in [3.05, 3.63) is 72.6 Å². The van der Waals surface area contributed by atoms with E-state index in [4.69, 9.17) is 9.47 Å². The molecular weight excluding hydrogens is 380 g/mol. The molecule has 0 unspecified atom stereocenters. The number of nitrogens with zero attached hydrogens (tertiary/aromatic N) is 3. The summed E-state index contributed by atoms with van der Waals surface area (Å²) in [5.41, 5.74) is 3.77. The second-order valence-corrected chi connectivity index (χ2v) is 6.45. The first kappa shape index (κ1) is 19.3. The maximum atomic E-state index is 5.42. The van der Waals surface area contributed by atoms with Gasteiger partial charge >= 0.3 is 0 Å². The Kier molecular flexibility index (Phi) is 5.75. The van der Waals surface area contributed by atoms with Gasteiger partial charge < -0.3 is 20.1 Å². The van der Waals surface area contributed by atoms with Crippen LogP contribution in [0.15, 0.2) is 67.0 Å². The van der Waals surface area contributed by atoms with Crippen molar-refractivity contribution in [2.24, 2.45) is 0 Å². The molecule has 0 aliphatic heterocycles. The largest absolute Gasteiger partial charge is 0.497 e. The number of H-pyrrole nitrogens is 1. The highest BCUT2D eigenvalue weighted by Crippen LogP contribution is 2.31. The molecule has 0 saturated heterocycles. The third-order valence-corrected chi connectivity index (χ3v) is 4.56. The quantitative estimate of drug-likeness (QED) is 0.406. The molecule has 2 heterocycles. The van der Waals surface area contributed by atoms with Crippen LogP contribution in [0, 0.1) is 0 Å². The van der Waals surface area contributed by atoms with Crippen molar-refractivity contribution in [2.75, 3.05) is 24.9 Å². The summed E-state index contributed by atoms with van der Waals surface area (Å²) >= 11 is 0. The Labute approximate surface area is 174 Å². The van der Waals surface area contributed by atoms with E-state index in [1.807, 2.05) is 48.5 Å². The third kappa shape index (κ3) is 4.33. The second kappa shape index (κ2) is 8.95. The van der Waals surface area contributed by atoms with Crippen LogP contribution in [0.5, 0.6) is 11.5 Å². The van der Waals surface area contributed by atoms with E-state index in [1.165, 1.54) is 0 Å². The lowest BCUT2D eigenvalue weighted by atomic mass is 10.1. The van der Waals surface area contributed by atoms with Gasteiger partial charge in [0.05, 0.1) is 19.9 Å². The molecule has 0 spiro atoms. The fourth-order valence-electron chi connectivity index (χ4n) is 3.00. The van der Waals surface area contributed by atoms with Gasteiger partial charge in [-0.3, -0.25) is 10.1 Å². The van der Waals surface area contributed by atoms with Gasteiger partial charge in [-0.15, -0.1) is 5.10 Å². The van der Waals surface area contributed by atoms with Crippen LogP contribution in [-0.4, -0.2) is 34.4 Å². The van der Waals surface area contributed by atoms with Crippen LogP contribution >= 0.6 is 0 Å². The van der Waals surface area contributed by atoms with Gasteiger partial charge in [-0.05, 0) is 42.0 Å². The van der Waals surface area contributed by atoms with E-state index in [0.717, 1.165) is 22.5 Å². The van der Waals surface area contributed by atoms with E-state index >= 15 is 0 Å². The Balaban J connectivity index is 1.53. The van der Waals surface area contributed by atoms with Gasteiger partial charge in [0, 0.05) is 36.3 Å². The van der Waals surface area contributed by atoms with Crippen molar-refractivity contribution in [3.8, 4) is 22.9 Å². The molecule has 30 heavy (non-hydrogen) atoms. The minimum absolute atomic E-state index is 0.442. The topological polar surface area (TPSA) is 97.0 Å². The number of pyridine rings is 1. The molecule has 0 fully saturated rings. The SMILES string of the molecule is COc1ccc(Nc2n[nH]c(-c3ccccc3NCc3ccncc3)n2)c(OC)c1. The number of benzene rings is 2. The lowest BCUT2D eigenvalue weighted by Crippen LogP contribution is -2.01. The third-order valence-electron chi connectivity index (χ3n) is 4.56. The van der Waals surface area contributed by atoms with Gasteiger partial charge in [0.1, 0.15) is 11.5 Å². The zero-order chi connectivity index (χ0) is 20.8. The molecule has 0 radical (unpaired) electrons. The fraction of sp³-hybridized carbons (Fsp3) is 0.136. The summed E-state index contributed by atoms with van der Waals surface area (Å²) in [6.07, 6.45) is 3.56. The standard InChI is InChI=1S/C22H22N6O2/c1-29-16-7-8-19(20(13-16)30-2)25-22-26-21(27-28-22)17-5-3-4-6-18(17)24-14-15-9-11-23-12-10-15/h3-13,24H,14H2,1-2H3,(H2,25,26,27,28). The van der Waals surface area contributed by atoms with Crippen LogP contribution < -0.4 is 20.1 Å². The number of anilines is 3. The summed E-state index contributed by atoms with van der Waals surface area (Å²) in [5, 5.41) is 13.9. The van der Waals surface area contributed by atoms with Crippen molar-refractivity contribution in [2.45, 2.75) is 6.54 Å². The molecule has 4 aromatic rings. The van der Waals surface area contributed by atoms with Crippen LogP contribution in [0.2, 0.25) is 0 Å². The highest BCUT2D eigenvalue weighted by atomic mass is 16.5. The molecule has 2 aromatic heterocycles. The molecular formula is C22H22N6O2. The Bertz CT molecular complexity index is 1110. The number of para-hydroxylation sites is 1. The lowest BCUT2D eigenvalue weighted by molar-refractivity contribution is 0.395. The summed E-state index contributed by atoms with van der Waals surface area (Å²) in [6.45, 7) is 0.682. The van der Waals surface area contributed by atoms with E-state index in [0.29, 0.717) is 29.8 Å². The predicted molar refractivity (Wildman–Crippen MR) is 116 cm³/mol. The van der Waals surface area contributed by atoms with Crippen molar-refractivity contribution in [1.82, 2.24) is 20.2 Å². The zero-order valence-electron chi connectivity index (χ0n) is 16.7. The van der Waals surface area contributed by atoms with Crippen LogP contribution in [0.3, 0.4) is 0 Å². The molecule has 8 nitrogen and oxygen atoms in total. The van der Waals surface area contributed by atoms with E-state index in [1.54, 1.807) is 32.7 Å². The van der Waals surface area contributed by atoms with Crippen molar-refractivity contribution >= 4 is 17.3 Å². The minimum Gasteiger partial charge on any atom is -0.497 e. The zero-order valence-corrected chi connectivity index (χ0v) is 16.7. The summed E-state index contributed by atoms with van der Waals surface area (Å²) < 4.78 is 10.7. The highest BCUT2D eigenvalue weighted by molar-refractivity contribution is 5.74. The molecule has 0 bridgehead atoms. The highest BCUT2D eigenvalue weighted by Gasteiger charge is 2.12. The molecule has 0 aliphatic carbocycles. The minimum atomic E-state index is 0.442. The van der Waals surface area contributed by atoms with Gasteiger partial charge in [-0.2, -0.15) is 4.98 Å². The maximum absolute atomic E-state index is 5.42. The summed E-state index contributed by atoms with van der Waals surface area (Å²) in [5.74, 6) is 2.45. The van der Waals surface area contributed by atoms with E-state index < -0.39 is 0 Å². The summed E-state index contributed by atoms with van der Waals surface area (Å²) in [7, 11) is 3.22. The Morgan fingerprint density at radius 3 is 2.57 bits per heavy atom. The monoisotopic (exact) mass is 402 g/mol. The lowest BCUT2D eigenvalue weighted by Gasteiger charge is -2.11. The normalized spacial score (nSPS) is 10.5. The molecule has 0 aliphatic rings. The first-order chi connectivity index (χ1) is 14.8. The van der Waals surface area contributed by atoms with Crippen molar-refractivity contribution in [1.29, 1.82) is 0 Å². The number of aromatic amines is 1. The van der Waals surface area contributed by atoms with Gasteiger partial charge in [0.2, 0.25) is 5.95 Å². The Morgan fingerprint density at radius 2 is 1.77 bits per heavy atom. The number of nitrogens with one attached hydrogen (secondary N) is 3. The van der Waals surface area contributed by atoms with Gasteiger partial charge in [-0.1, -0.05) is 12.1 Å². The number of aromatic nitrogens is 4. The van der Waals surface area contributed by atoms with E-state index in [-0.39, 0.29) is 0 Å². The average Bonchev–Trinajstić information content (AvgIpc) is 3.27.